The summed E-state index contributed by atoms with van der Waals surface area (Å²) in [5, 5.41) is 3.12. The molecule has 1 unspecified atom stereocenters. The molecule has 1 amide bonds. The molecule has 0 aromatic carbocycles. The number of aryl methyl sites for hydroxylation is 1. The third kappa shape index (κ3) is 3.14. The predicted molar refractivity (Wildman–Crippen MR) is 98.7 cm³/mol. The minimum atomic E-state index is -0.504. The van der Waals surface area contributed by atoms with Gasteiger partial charge in [0.15, 0.2) is 0 Å². The van der Waals surface area contributed by atoms with Crippen LogP contribution in [0.1, 0.15) is 34.2 Å². The van der Waals surface area contributed by atoms with E-state index < -0.39 is 11.2 Å². The van der Waals surface area contributed by atoms with E-state index >= 15 is 0 Å². The SMILES string of the molecule is CNc1cc(C)nc(C2CCN(C(=O)c3cc(=O)n(C)c(=O)n3C)C2)c1. The zero-order chi connectivity index (χ0) is 19.0. The fraction of sp³-hybridized carbons (Fsp3) is 0.444. The van der Waals surface area contributed by atoms with Crippen LogP contribution in [0.2, 0.25) is 0 Å². The lowest BCUT2D eigenvalue weighted by atomic mass is 10.0. The van der Waals surface area contributed by atoms with Gasteiger partial charge in [-0.05, 0) is 25.5 Å². The standard InChI is InChI=1S/C18H23N5O3/c1-11-7-13(19-2)8-14(20-11)12-5-6-23(10-12)17(25)15-9-16(24)22(4)18(26)21(15)3/h7-9,12H,5-6,10H2,1-4H3,(H,19,20). The fourth-order valence-electron chi connectivity index (χ4n) is 3.33. The van der Waals surface area contributed by atoms with Crippen LogP contribution in [0.15, 0.2) is 27.8 Å². The number of carbonyl (C=O) groups is 1. The van der Waals surface area contributed by atoms with E-state index in [2.05, 4.69) is 10.3 Å². The van der Waals surface area contributed by atoms with Gasteiger partial charge in [-0.1, -0.05) is 0 Å². The average Bonchev–Trinajstić information content (AvgIpc) is 3.12. The number of anilines is 1. The van der Waals surface area contributed by atoms with Crippen LogP contribution in [-0.2, 0) is 14.1 Å². The molecule has 1 atom stereocenters. The van der Waals surface area contributed by atoms with E-state index in [1.54, 1.807) is 4.90 Å². The minimum absolute atomic E-state index is 0.117. The molecule has 1 aliphatic heterocycles. The quantitative estimate of drug-likeness (QED) is 0.862. The van der Waals surface area contributed by atoms with Crippen LogP contribution in [0.3, 0.4) is 0 Å². The van der Waals surface area contributed by atoms with Crippen molar-refractivity contribution in [3.63, 3.8) is 0 Å². The molecule has 3 heterocycles. The topological polar surface area (TPSA) is 89.2 Å². The Balaban J connectivity index is 1.86. The van der Waals surface area contributed by atoms with Gasteiger partial charge in [0.25, 0.3) is 11.5 Å². The van der Waals surface area contributed by atoms with Crippen molar-refractivity contribution in [3.05, 3.63) is 56.1 Å². The van der Waals surface area contributed by atoms with Crippen LogP contribution in [0.25, 0.3) is 0 Å². The second kappa shape index (κ2) is 6.78. The molecule has 0 saturated carbocycles. The van der Waals surface area contributed by atoms with Gasteiger partial charge in [0, 0.05) is 63.3 Å². The number of nitrogens with one attached hydrogen (secondary N) is 1. The van der Waals surface area contributed by atoms with E-state index in [0.717, 1.165) is 28.1 Å². The van der Waals surface area contributed by atoms with Gasteiger partial charge in [-0.15, -0.1) is 0 Å². The van der Waals surface area contributed by atoms with Crippen molar-refractivity contribution in [1.82, 2.24) is 19.0 Å². The summed E-state index contributed by atoms with van der Waals surface area (Å²) in [7, 11) is 4.76. The molecule has 1 N–H and O–H groups in total. The van der Waals surface area contributed by atoms with E-state index in [4.69, 9.17) is 0 Å². The molecule has 138 valence electrons. The molecule has 8 nitrogen and oxygen atoms in total. The van der Waals surface area contributed by atoms with Crippen molar-refractivity contribution >= 4 is 11.6 Å². The largest absolute Gasteiger partial charge is 0.388 e. The Hall–Kier alpha value is -2.90. The Morgan fingerprint density at radius 1 is 1.19 bits per heavy atom. The molecule has 0 spiro atoms. The summed E-state index contributed by atoms with van der Waals surface area (Å²) in [5.74, 6) is -0.166. The van der Waals surface area contributed by atoms with Crippen LogP contribution in [0, 0.1) is 6.92 Å². The number of carbonyl (C=O) groups excluding carboxylic acids is 1. The van der Waals surface area contributed by atoms with Gasteiger partial charge in [0.05, 0.1) is 0 Å². The van der Waals surface area contributed by atoms with E-state index in [1.807, 2.05) is 26.1 Å². The zero-order valence-electron chi connectivity index (χ0n) is 15.4. The number of likely N-dealkylation sites (tertiary alicyclic amines) is 1. The predicted octanol–water partition coefficient (Wildman–Crippen LogP) is 0.459. The van der Waals surface area contributed by atoms with Gasteiger partial charge in [-0.3, -0.25) is 23.7 Å². The fourth-order valence-corrected chi connectivity index (χ4v) is 3.33. The summed E-state index contributed by atoms with van der Waals surface area (Å²) >= 11 is 0. The van der Waals surface area contributed by atoms with Gasteiger partial charge in [-0.2, -0.15) is 0 Å². The third-order valence-electron chi connectivity index (χ3n) is 4.90. The zero-order valence-corrected chi connectivity index (χ0v) is 15.4. The molecule has 8 heteroatoms. The highest BCUT2D eigenvalue weighted by Crippen LogP contribution is 2.28. The first-order chi connectivity index (χ1) is 12.3. The summed E-state index contributed by atoms with van der Waals surface area (Å²) in [4.78, 5) is 43.1. The second-order valence-corrected chi connectivity index (χ2v) is 6.68. The number of rotatable bonds is 3. The monoisotopic (exact) mass is 357 g/mol. The summed E-state index contributed by atoms with van der Waals surface area (Å²) in [6, 6.07) is 5.19. The second-order valence-electron chi connectivity index (χ2n) is 6.68. The number of hydrogen-bond acceptors (Lipinski definition) is 5. The van der Waals surface area contributed by atoms with Crippen LogP contribution >= 0.6 is 0 Å². The maximum Gasteiger partial charge on any atom is 0.331 e. The molecule has 2 aromatic heterocycles. The lowest BCUT2D eigenvalue weighted by molar-refractivity contribution is 0.0779. The smallest absolute Gasteiger partial charge is 0.331 e. The van der Waals surface area contributed by atoms with Crippen molar-refractivity contribution in [2.75, 3.05) is 25.5 Å². The molecule has 26 heavy (non-hydrogen) atoms. The van der Waals surface area contributed by atoms with Crippen molar-refractivity contribution in [2.45, 2.75) is 19.3 Å². The highest BCUT2D eigenvalue weighted by Gasteiger charge is 2.30. The molecular weight excluding hydrogens is 334 g/mol. The first-order valence-corrected chi connectivity index (χ1v) is 8.54. The van der Waals surface area contributed by atoms with Gasteiger partial charge < -0.3 is 10.2 Å². The highest BCUT2D eigenvalue weighted by molar-refractivity contribution is 5.92. The van der Waals surface area contributed by atoms with Crippen molar-refractivity contribution < 1.29 is 4.79 Å². The van der Waals surface area contributed by atoms with E-state index in [0.29, 0.717) is 13.1 Å². The van der Waals surface area contributed by atoms with Crippen LogP contribution in [0.4, 0.5) is 5.69 Å². The van der Waals surface area contributed by atoms with Crippen LogP contribution in [-0.4, -0.2) is 45.1 Å². The van der Waals surface area contributed by atoms with Crippen molar-refractivity contribution in [1.29, 1.82) is 0 Å². The Morgan fingerprint density at radius 3 is 2.62 bits per heavy atom. The molecule has 0 radical (unpaired) electrons. The summed E-state index contributed by atoms with van der Waals surface area (Å²) < 4.78 is 2.21. The molecule has 1 saturated heterocycles. The van der Waals surface area contributed by atoms with E-state index in [-0.39, 0.29) is 17.5 Å². The Bertz CT molecular complexity index is 976. The molecule has 1 aliphatic rings. The van der Waals surface area contributed by atoms with E-state index in [9.17, 15) is 14.4 Å². The number of nitrogens with zero attached hydrogens (tertiary/aromatic N) is 4. The molecule has 2 aromatic rings. The van der Waals surface area contributed by atoms with Gasteiger partial charge in [0.1, 0.15) is 5.69 Å². The minimum Gasteiger partial charge on any atom is -0.388 e. The maximum absolute atomic E-state index is 12.8. The average molecular weight is 357 g/mol. The van der Waals surface area contributed by atoms with Gasteiger partial charge in [-0.25, -0.2) is 4.79 Å². The number of pyridine rings is 1. The molecule has 3 rings (SSSR count). The third-order valence-corrected chi connectivity index (χ3v) is 4.90. The number of amides is 1. The lowest BCUT2D eigenvalue weighted by Gasteiger charge is -2.18. The summed E-state index contributed by atoms with van der Waals surface area (Å²) in [6.07, 6.45) is 0.796. The number of hydrogen-bond donors (Lipinski definition) is 1. The number of aromatic nitrogens is 3. The highest BCUT2D eigenvalue weighted by atomic mass is 16.2. The summed E-state index contributed by atoms with van der Waals surface area (Å²) in [6.45, 7) is 3.02. The van der Waals surface area contributed by atoms with E-state index in [1.165, 1.54) is 24.7 Å². The van der Waals surface area contributed by atoms with Gasteiger partial charge in [0.2, 0.25) is 0 Å². The first-order valence-electron chi connectivity index (χ1n) is 8.54. The normalized spacial score (nSPS) is 16.8. The maximum atomic E-state index is 12.8. The van der Waals surface area contributed by atoms with Crippen molar-refractivity contribution in [3.8, 4) is 0 Å². The Kier molecular flexibility index (Phi) is 4.67. The van der Waals surface area contributed by atoms with Crippen LogP contribution in [0.5, 0.6) is 0 Å². The molecule has 0 aliphatic carbocycles. The molecule has 1 fully saturated rings. The van der Waals surface area contributed by atoms with Gasteiger partial charge >= 0.3 is 5.69 Å². The molecule has 0 bridgehead atoms. The molecular formula is C18H23N5O3. The summed E-state index contributed by atoms with van der Waals surface area (Å²) in [5.41, 5.74) is 1.99. The Labute approximate surface area is 151 Å². The lowest BCUT2D eigenvalue weighted by Crippen LogP contribution is -2.41. The van der Waals surface area contributed by atoms with Crippen LogP contribution < -0.4 is 16.6 Å². The Morgan fingerprint density at radius 2 is 1.92 bits per heavy atom. The first kappa shape index (κ1) is 17.9. The van der Waals surface area contributed by atoms with Crippen molar-refractivity contribution in [2.24, 2.45) is 14.1 Å².